The van der Waals surface area contributed by atoms with Gasteiger partial charge in [0.05, 0.1) is 17.7 Å². The zero-order valence-corrected chi connectivity index (χ0v) is 16.9. The van der Waals surface area contributed by atoms with E-state index in [1.165, 1.54) is 0 Å². The maximum atomic E-state index is 12.9. The third-order valence-electron chi connectivity index (χ3n) is 6.46. The number of para-hydroxylation sites is 1. The van der Waals surface area contributed by atoms with Crippen LogP contribution in [-0.2, 0) is 13.5 Å². The summed E-state index contributed by atoms with van der Waals surface area (Å²) in [6.45, 7) is 4.56. The lowest BCUT2D eigenvalue weighted by Gasteiger charge is -2.32. The van der Waals surface area contributed by atoms with Crippen molar-refractivity contribution < 1.29 is 9.32 Å². The van der Waals surface area contributed by atoms with Gasteiger partial charge in [-0.05, 0) is 50.9 Å². The van der Waals surface area contributed by atoms with Gasteiger partial charge in [0.2, 0.25) is 0 Å². The van der Waals surface area contributed by atoms with E-state index in [1.54, 1.807) is 6.33 Å². The number of fused-ring (bicyclic) bond motifs is 2. The molecule has 7 heteroatoms. The molecular weight excluding hydrogens is 366 g/mol. The molecule has 0 unspecified atom stereocenters. The van der Waals surface area contributed by atoms with Crippen molar-refractivity contribution >= 4 is 16.9 Å². The molecule has 0 atom stereocenters. The van der Waals surface area contributed by atoms with Crippen LogP contribution in [-0.4, -0.2) is 63.1 Å². The Kier molecular flexibility index (Phi) is 4.83. The molecule has 0 spiro atoms. The van der Waals surface area contributed by atoms with E-state index in [-0.39, 0.29) is 5.91 Å². The topological polar surface area (TPSA) is 67.4 Å². The van der Waals surface area contributed by atoms with Crippen molar-refractivity contribution in [3.05, 3.63) is 47.7 Å². The van der Waals surface area contributed by atoms with Crippen LogP contribution in [0.25, 0.3) is 11.0 Å². The average molecular weight is 393 g/mol. The molecular formula is C22H27N5O2. The van der Waals surface area contributed by atoms with Gasteiger partial charge < -0.3 is 18.9 Å². The highest BCUT2D eigenvalue weighted by atomic mass is 16.5. The molecule has 3 aromatic rings. The molecule has 2 aliphatic heterocycles. The molecule has 0 radical (unpaired) electrons. The van der Waals surface area contributed by atoms with Crippen molar-refractivity contribution in [2.75, 3.05) is 32.7 Å². The molecule has 0 N–H and O–H groups in total. The molecule has 7 nitrogen and oxygen atoms in total. The minimum Gasteiger partial charge on any atom is -0.356 e. The van der Waals surface area contributed by atoms with Crippen LogP contribution in [0.1, 0.15) is 47.1 Å². The molecule has 0 bridgehead atoms. The summed E-state index contributed by atoms with van der Waals surface area (Å²) in [7, 11) is 1.97. The van der Waals surface area contributed by atoms with Crippen LogP contribution in [0.2, 0.25) is 0 Å². The first kappa shape index (κ1) is 18.4. The first-order valence-corrected chi connectivity index (χ1v) is 10.6. The lowest BCUT2D eigenvalue weighted by atomic mass is 9.91. The second-order valence-electron chi connectivity index (χ2n) is 8.23. The molecule has 4 heterocycles. The Balaban J connectivity index is 1.18. The van der Waals surface area contributed by atoms with Crippen molar-refractivity contribution in [3.63, 3.8) is 0 Å². The molecule has 29 heavy (non-hydrogen) atoms. The maximum Gasteiger partial charge on any atom is 0.274 e. The first-order valence-electron chi connectivity index (χ1n) is 10.6. The smallest absolute Gasteiger partial charge is 0.274 e. The van der Waals surface area contributed by atoms with Gasteiger partial charge in [-0.25, -0.2) is 4.98 Å². The highest BCUT2D eigenvalue weighted by molar-refractivity contribution is 5.93. The third kappa shape index (κ3) is 3.44. The Labute approximate surface area is 170 Å². The molecule has 1 amide bonds. The minimum atomic E-state index is 0.0852. The zero-order chi connectivity index (χ0) is 19.8. The number of hydrogen-bond acceptors (Lipinski definition) is 5. The second-order valence-corrected chi connectivity index (χ2v) is 8.23. The Morgan fingerprint density at radius 3 is 2.83 bits per heavy atom. The van der Waals surface area contributed by atoms with Crippen LogP contribution in [0.3, 0.4) is 0 Å². The number of aromatic nitrogens is 3. The number of carbonyl (C=O) groups excluding carboxylic acids is 1. The summed E-state index contributed by atoms with van der Waals surface area (Å²) in [6, 6.07) is 8.11. The normalized spacial score (nSPS) is 18.9. The number of carbonyl (C=O) groups is 1. The molecule has 0 saturated carbocycles. The zero-order valence-electron chi connectivity index (χ0n) is 16.9. The number of amides is 1. The summed E-state index contributed by atoms with van der Waals surface area (Å²) in [4.78, 5) is 21.7. The number of rotatable bonds is 4. The minimum absolute atomic E-state index is 0.0852. The van der Waals surface area contributed by atoms with E-state index in [4.69, 9.17) is 4.52 Å². The molecule has 152 valence electrons. The number of imidazole rings is 1. The average Bonchev–Trinajstić information content (AvgIpc) is 3.30. The van der Waals surface area contributed by atoms with Gasteiger partial charge >= 0.3 is 0 Å². The number of likely N-dealkylation sites (tertiary alicyclic amines) is 1. The Bertz CT molecular complexity index is 1020. The summed E-state index contributed by atoms with van der Waals surface area (Å²) in [5.74, 6) is 0.535. The van der Waals surface area contributed by atoms with Crippen molar-refractivity contribution in [2.24, 2.45) is 7.05 Å². The van der Waals surface area contributed by atoms with Gasteiger partial charge in [-0.1, -0.05) is 17.3 Å². The molecule has 1 saturated heterocycles. The van der Waals surface area contributed by atoms with Crippen molar-refractivity contribution in [1.29, 1.82) is 0 Å². The van der Waals surface area contributed by atoms with Gasteiger partial charge in [-0.3, -0.25) is 4.79 Å². The Morgan fingerprint density at radius 2 is 1.97 bits per heavy atom. The van der Waals surface area contributed by atoms with Crippen LogP contribution in [0.5, 0.6) is 0 Å². The third-order valence-corrected chi connectivity index (χ3v) is 6.46. The lowest BCUT2D eigenvalue weighted by Crippen LogP contribution is -2.41. The van der Waals surface area contributed by atoms with E-state index in [0.29, 0.717) is 11.6 Å². The number of benzene rings is 1. The van der Waals surface area contributed by atoms with E-state index in [2.05, 4.69) is 21.1 Å². The van der Waals surface area contributed by atoms with E-state index in [1.807, 2.05) is 34.7 Å². The summed E-state index contributed by atoms with van der Waals surface area (Å²) in [5, 5.41) is 5.50. The van der Waals surface area contributed by atoms with Gasteiger partial charge in [-0.15, -0.1) is 0 Å². The van der Waals surface area contributed by atoms with Crippen LogP contribution >= 0.6 is 0 Å². The van der Waals surface area contributed by atoms with Gasteiger partial charge in [0.15, 0.2) is 5.58 Å². The van der Waals surface area contributed by atoms with Crippen LogP contribution in [0.4, 0.5) is 0 Å². The quantitative estimate of drug-likeness (QED) is 0.682. The summed E-state index contributed by atoms with van der Waals surface area (Å²) in [6.07, 6.45) is 5.83. The highest BCUT2D eigenvalue weighted by Gasteiger charge is 2.28. The van der Waals surface area contributed by atoms with E-state index < -0.39 is 0 Å². The predicted molar refractivity (Wildman–Crippen MR) is 110 cm³/mol. The Morgan fingerprint density at radius 1 is 1.14 bits per heavy atom. The number of nitrogens with zero attached hydrogens (tertiary/aromatic N) is 5. The standard InChI is InChI=1S/C22H27N5O2/c1-25-15-23-21-18(25)6-4-10-27(22(21)28)14-13-26-11-8-16(9-12-26)20-17-5-2-3-7-19(17)29-24-20/h2-3,5,7,15-16H,4,6,8-14H2,1H3. The van der Waals surface area contributed by atoms with Gasteiger partial charge in [-0.2, -0.15) is 0 Å². The fourth-order valence-corrected chi connectivity index (χ4v) is 4.72. The number of aryl methyl sites for hydroxylation is 1. The van der Waals surface area contributed by atoms with Crippen LogP contribution in [0, 0.1) is 0 Å². The fraction of sp³-hybridized carbons (Fsp3) is 0.500. The largest absolute Gasteiger partial charge is 0.356 e. The van der Waals surface area contributed by atoms with E-state index >= 15 is 0 Å². The Hall–Kier alpha value is -2.67. The summed E-state index contributed by atoms with van der Waals surface area (Å²) in [5.41, 5.74) is 3.68. The highest BCUT2D eigenvalue weighted by Crippen LogP contribution is 2.32. The van der Waals surface area contributed by atoms with Gasteiger partial charge in [0.25, 0.3) is 5.91 Å². The molecule has 2 aliphatic rings. The van der Waals surface area contributed by atoms with Crippen molar-refractivity contribution in [3.8, 4) is 0 Å². The van der Waals surface area contributed by atoms with Gasteiger partial charge in [0, 0.05) is 38.0 Å². The second kappa shape index (κ2) is 7.63. The van der Waals surface area contributed by atoms with Crippen LogP contribution < -0.4 is 0 Å². The number of piperidine rings is 1. The lowest BCUT2D eigenvalue weighted by molar-refractivity contribution is 0.0727. The van der Waals surface area contributed by atoms with Crippen LogP contribution in [0.15, 0.2) is 35.1 Å². The summed E-state index contributed by atoms with van der Waals surface area (Å²) < 4.78 is 7.48. The monoisotopic (exact) mass is 393 g/mol. The van der Waals surface area contributed by atoms with E-state index in [9.17, 15) is 4.79 Å². The SMILES string of the molecule is Cn1cnc2c1CCCN(CCN1CCC(c3noc4ccccc34)CC1)C2=O. The fourth-order valence-electron chi connectivity index (χ4n) is 4.72. The summed E-state index contributed by atoms with van der Waals surface area (Å²) >= 11 is 0. The molecule has 0 aliphatic carbocycles. The molecule has 2 aromatic heterocycles. The predicted octanol–water partition coefficient (Wildman–Crippen LogP) is 2.83. The molecule has 1 aromatic carbocycles. The van der Waals surface area contributed by atoms with Crippen molar-refractivity contribution in [1.82, 2.24) is 24.5 Å². The first-order chi connectivity index (χ1) is 14.2. The van der Waals surface area contributed by atoms with Crippen molar-refractivity contribution in [2.45, 2.75) is 31.6 Å². The van der Waals surface area contributed by atoms with Gasteiger partial charge in [0.1, 0.15) is 5.69 Å². The van der Waals surface area contributed by atoms with E-state index in [0.717, 1.165) is 80.8 Å². The number of hydrogen-bond donors (Lipinski definition) is 0. The molecule has 1 fully saturated rings. The maximum absolute atomic E-state index is 12.9. The molecule has 5 rings (SSSR count).